The van der Waals surface area contributed by atoms with E-state index in [2.05, 4.69) is 39.0 Å². The van der Waals surface area contributed by atoms with Gasteiger partial charge in [-0.15, -0.1) is 0 Å². The van der Waals surface area contributed by atoms with Crippen LogP contribution in [-0.4, -0.2) is 36.4 Å². The van der Waals surface area contributed by atoms with Crippen molar-refractivity contribution in [3.05, 3.63) is 59.7 Å². The average Bonchev–Trinajstić information content (AvgIpc) is 2.83. The van der Waals surface area contributed by atoms with Gasteiger partial charge in [-0.2, -0.15) is 0 Å². The SMILES string of the molecule is CCC[CH2][Sn]([CH2]CCC)([CH2]CCC)[c]1cccc(C(=O)/C=C/c2ccc(O)c(OC)c2)c1. The molecule has 1 N–H and O–H groups in total. The molecule has 0 heterocycles. The Morgan fingerprint density at radius 2 is 1.56 bits per heavy atom. The minimum absolute atomic E-state index is 0.0283. The summed E-state index contributed by atoms with van der Waals surface area (Å²) < 4.78 is 10.9. The van der Waals surface area contributed by atoms with E-state index in [0.717, 1.165) is 11.1 Å². The number of methoxy groups -OCH3 is 1. The number of phenols is 1. The van der Waals surface area contributed by atoms with Crippen molar-refractivity contribution in [3.63, 3.8) is 0 Å². The van der Waals surface area contributed by atoms with Crippen molar-refractivity contribution >= 4 is 33.8 Å². The molecule has 0 saturated heterocycles. The summed E-state index contributed by atoms with van der Waals surface area (Å²) >= 11 is -2.56. The second-order valence-electron chi connectivity index (χ2n) is 8.80. The summed E-state index contributed by atoms with van der Waals surface area (Å²) in [5.41, 5.74) is 1.61. The van der Waals surface area contributed by atoms with Crippen LogP contribution in [0.1, 0.15) is 75.2 Å². The molecular formula is C28H40O3Sn. The van der Waals surface area contributed by atoms with Gasteiger partial charge in [-0.1, -0.05) is 0 Å². The monoisotopic (exact) mass is 544 g/mol. The molecule has 3 nitrogen and oxygen atoms in total. The zero-order valence-electron chi connectivity index (χ0n) is 20.3. The molecular weight excluding hydrogens is 503 g/mol. The van der Waals surface area contributed by atoms with Crippen LogP contribution < -0.4 is 8.32 Å². The maximum absolute atomic E-state index is 13.0. The van der Waals surface area contributed by atoms with Crippen LogP contribution in [0.4, 0.5) is 0 Å². The van der Waals surface area contributed by atoms with E-state index >= 15 is 0 Å². The Hall–Kier alpha value is -1.75. The van der Waals surface area contributed by atoms with Crippen molar-refractivity contribution < 1.29 is 14.6 Å². The summed E-state index contributed by atoms with van der Waals surface area (Å²) in [5, 5.41) is 9.77. The Labute approximate surface area is 198 Å². The summed E-state index contributed by atoms with van der Waals surface area (Å²) in [4.78, 5) is 13.0. The van der Waals surface area contributed by atoms with E-state index in [0.29, 0.717) is 5.75 Å². The zero-order valence-corrected chi connectivity index (χ0v) is 23.2. The van der Waals surface area contributed by atoms with Crippen LogP contribution in [0.2, 0.25) is 13.3 Å². The first kappa shape index (κ1) is 26.5. The number of ether oxygens (including phenoxy) is 1. The van der Waals surface area contributed by atoms with Gasteiger partial charge in [-0.3, -0.25) is 0 Å². The fourth-order valence-electron chi connectivity index (χ4n) is 4.42. The van der Waals surface area contributed by atoms with Crippen LogP contribution in [0.15, 0.2) is 48.5 Å². The number of ketones is 1. The number of phenolic OH excluding ortho intramolecular Hbond substituents is 1. The Morgan fingerprint density at radius 3 is 2.12 bits per heavy atom. The van der Waals surface area contributed by atoms with E-state index in [1.54, 1.807) is 30.4 Å². The number of benzene rings is 2. The van der Waals surface area contributed by atoms with Crippen molar-refractivity contribution in [1.29, 1.82) is 0 Å². The number of rotatable bonds is 14. The third kappa shape index (κ3) is 7.40. The summed E-state index contributed by atoms with van der Waals surface area (Å²) in [5.74, 6) is 0.530. The van der Waals surface area contributed by atoms with Gasteiger partial charge in [0, 0.05) is 0 Å². The van der Waals surface area contributed by atoms with Gasteiger partial charge in [0.2, 0.25) is 0 Å². The van der Waals surface area contributed by atoms with Crippen molar-refractivity contribution in [1.82, 2.24) is 0 Å². The first-order valence-corrected chi connectivity index (χ1v) is 19.7. The molecule has 0 aliphatic carbocycles. The van der Waals surface area contributed by atoms with E-state index in [4.69, 9.17) is 4.74 Å². The van der Waals surface area contributed by atoms with Crippen molar-refractivity contribution in [2.75, 3.05) is 7.11 Å². The fourth-order valence-corrected chi connectivity index (χ4v) is 20.5. The number of carbonyl (C=O) groups excluding carboxylic acids is 1. The van der Waals surface area contributed by atoms with Crippen LogP contribution in [0.3, 0.4) is 0 Å². The van der Waals surface area contributed by atoms with Crippen LogP contribution >= 0.6 is 0 Å². The average molecular weight is 543 g/mol. The maximum atomic E-state index is 13.0. The molecule has 0 radical (unpaired) electrons. The Balaban J connectivity index is 2.32. The third-order valence-electron chi connectivity index (χ3n) is 6.42. The van der Waals surface area contributed by atoms with Crippen molar-refractivity contribution in [2.24, 2.45) is 0 Å². The van der Waals surface area contributed by atoms with E-state index in [9.17, 15) is 9.90 Å². The molecule has 0 aliphatic rings. The first-order valence-electron chi connectivity index (χ1n) is 12.2. The number of unbranched alkanes of at least 4 members (excludes halogenated alkanes) is 3. The molecule has 2 rings (SSSR count). The molecule has 0 aromatic heterocycles. The van der Waals surface area contributed by atoms with Crippen LogP contribution in [-0.2, 0) is 0 Å². The van der Waals surface area contributed by atoms with Crippen LogP contribution in [0.25, 0.3) is 6.08 Å². The molecule has 0 saturated carbocycles. The molecule has 32 heavy (non-hydrogen) atoms. The minimum atomic E-state index is -2.56. The molecule has 2 aromatic carbocycles. The van der Waals surface area contributed by atoms with E-state index in [1.165, 1.54) is 62.5 Å². The van der Waals surface area contributed by atoms with Gasteiger partial charge in [-0.25, -0.2) is 0 Å². The molecule has 4 heteroatoms. The molecule has 0 atom stereocenters. The Kier molecular flexibility index (Phi) is 11.4. The van der Waals surface area contributed by atoms with Gasteiger partial charge >= 0.3 is 199 Å². The molecule has 0 bridgehead atoms. The fraction of sp³-hybridized carbons (Fsp3) is 0.464. The number of aromatic hydroxyl groups is 1. The summed E-state index contributed by atoms with van der Waals surface area (Å²) in [7, 11) is 1.52. The number of carbonyl (C=O) groups is 1. The predicted molar refractivity (Wildman–Crippen MR) is 139 cm³/mol. The molecule has 0 aliphatic heterocycles. The second kappa shape index (κ2) is 13.7. The Bertz CT molecular complexity index is 866. The molecule has 0 fully saturated rings. The van der Waals surface area contributed by atoms with Gasteiger partial charge in [0.1, 0.15) is 0 Å². The normalized spacial score (nSPS) is 11.8. The van der Waals surface area contributed by atoms with Crippen molar-refractivity contribution in [3.8, 4) is 11.5 Å². The van der Waals surface area contributed by atoms with Gasteiger partial charge in [-0.05, 0) is 0 Å². The molecule has 0 spiro atoms. The number of hydrogen-bond acceptors (Lipinski definition) is 3. The van der Waals surface area contributed by atoms with Gasteiger partial charge < -0.3 is 0 Å². The molecule has 2 aromatic rings. The standard InChI is InChI=1S/C16H13O3.3C4H9.Sn/c1-19-16-11-12(8-10-15(16)18)7-9-14(17)13-5-3-2-4-6-13;3*1-3-4-2;/h2-3,5-11,18H,1H3;3*1,3-4H2,2H3;/b9-7+;;;;. The summed E-state index contributed by atoms with van der Waals surface area (Å²) in [6, 6.07) is 13.7. The molecule has 0 unspecified atom stereocenters. The quantitative estimate of drug-likeness (QED) is 0.154. The third-order valence-corrected chi connectivity index (χ3v) is 22.0. The van der Waals surface area contributed by atoms with Crippen molar-refractivity contribution in [2.45, 2.75) is 72.6 Å². The molecule has 174 valence electrons. The van der Waals surface area contributed by atoms with E-state index < -0.39 is 18.4 Å². The summed E-state index contributed by atoms with van der Waals surface area (Å²) in [6.45, 7) is 6.87. The van der Waals surface area contributed by atoms with Gasteiger partial charge in [0.05, 0.1) is 0 Å². The van der Waals surface area contributed by atoms with E-state index in [1.807, 2.05) is 6.07 Å². The Morgan fingerprint density at radius 1 is 0.938 bits per heavy atom. The second-order valence-corrected chi connectivity index (χ2v) is 22.0. The predicted octanol–water partition coefficient (Wildman–Crippen LogP) is 7.35. The van der Waals surface area contributed by atoms with Crippen LogP contribution in [0, 0.1) is 0 Å². The van der Waals surface area contributed by atoms with Crippen LogP contribution in [0.5, 0.6) is 11.5 Å². The molecule has 0 amide bonds. The number of hydrogen-bond donors (Lipinski definition) is 1. The van der Waals surface area contributed by atoms with Gasteiger partial charge in [0.15, 0.2) is 0 Å². The number of allylic oxidation sites excluding steroid dienone is 1. The van der Waals surface area contributed by atoms with Gasteiger partial charge in [0.25, 0.3) is 0 Å². The topological polar surface area (TPSA) is 46.5 Å². The summed E-state index contributed by atoms with van der Waals surface area (Å²) in [6.07, 6.45) is 11.1. The zero-order chi connectivity index (χ0) is 23.4. The first-order chi connectivity index (χ1) is 15.5. The van der Waals surface area contributed by atoms with E-state index in [-0.39, 0.29) is 11.5 Å².